The summed E-state index contributed by atoms with van der Waals surface area (Å²) >= 11 is 1.88. The Kier molecular flexibility index (Phi) is 5.74. The molecule has 47 heavy (non-hydrogen) atoms. The van der Waals surface area contributed by atoms with E-state index in [1.165, 1.54) is 58.8 Å². The summed E-state index contributed by atoms with van der Waals surface area (Å²) in [6.45, 7) is 0. The topological polar surface area (TPSA) is 22.2 Å². The van der Waals surface area contributed by atoms with Crippen LogP contribution in [0.4, 0.5) is 0 Å². The Balaban J connectivity index is 1.15. The fraction of sp³-hybridized carbons (Fsp3) is 0. The van der Waals surface area contributed by atoms with Gasteiger partial charge in [0.25, 0.3) is 0 Å². The zero-order valence-corrected chi connectivity index (χ0v) is 26.2. The summed E-state index contributed by atoms with van der Waals surface area (Å²) in [5, 5.41) is 5.18. The van der Waals surface area contributed by atoms with Gasteiger partial charge < -0.3 is 4.57 Å². The molecule has 0 aliphatic rings. The van der Waals surface area contributed by atoms with Crippen LogP contribution >= 0.6 is 11.3 Å². The van der Waals surface area contributed by atoms with Crippen molar-refractivity contribution in [3.63, 3.8) is 0 Å². The molecule has 0 fully saturated rings. The van der Waals surface area contributed by atoms with Gasteiger partial charge in [0.2, 0.25) is 0 Å². The number of hydrogen-bond acceptors (Lipinski definition) is 2. The lowest BCUT2D eigenvalue weighted by Crippen LogP contribution is -1.92. The number of nitrogens with zero attached hydrogens (tertiary/aromatic N) is 3. The molecule has 4 heterocycles. The van der Waals surface area contributed by atoms with Crippen LogP contribution in [-0.2, 0) is 0 Å². The Morgan fingerprint density at radius 3 is 2.09 bits per heavy atom. The van der Waals surface area contributed by atoms with E-state index >= 15 is 0 Å². The Bertz CT molecular complexity index is 2770. The number of rotatable bonds is 4. The normalized spacial score (nSPS) is 11.8. The molecule has 0 spiro atoms. The first-order chi connectivity index (χ1) is 23.3. The van der Waals surface area contributed by atoms with Crippen molar-refractivity contribution in [1.82, 2.24) is 14.0 Å². The van der Waals surface area contributed by atoms with Gasteiger partial charge in [-0.05, 0) is 59.7 Å². The molecule has 0 N–H and O–H groups in total. The maximum Gasteiger partial charge on any atom is 0.137 e. The van der Waals surface area contributed by atoms with Crippen LogP contribution in [0.1, 0.15) is 0 Å². The Morgan fingerprint density at radius 2 is 1.23 bits per heavy atom. The van der Waals surface area contributed by atoms with E-state index < -0.39 is 0 Å². The second-order valence-corrected chi connectivity index (χ2v) is 13.1. The molecule has 6 aromatic carbocycles. The number of para-hydroxylation sites is 2. The largest absolute Gasteiger partial charge is 0.309 e. The Morgan fingerprint density at radius 1 is 0.489 bits per heavy atom. The lowest BCUT2D eigenvalue weighted by molar-refractivity contribution is 1.18. The van der Waals surface area contributed by atoms with Gasteiger partial charge in [-0.15, -0.1) is 11.3 Å². The number of thiophene rings is 1. The molecule has 4 aromatic heterocycles. The third-order valence-corrected chi connectivity index (χ3v) is 10.5. The van der Waals surface area contributed by atoms with Gasteiger partial charge in [0.15, 0.2) is 0 Å². The first-order valence-electron chi connectivity index (χ1n) is 15.9. The van der Waals surface area contributed by atoms with Crippen LogP contribution in [0, 0.1) is 0 Å². The predicted octanol–water partition coefficient (Wildman–Crippen LogP) is 11.8. The highest BCUT2D eigenvalue weighted by Gasteiger charge is 2.19. The van der Waals surface area contributed by atoms with Gasteiger partial charge in [0, 0.05) is 54.0 Å². The van der Waals surface area contributed by atoms with E-state index in [9.17, 15) is 0 Å². The van der Waals surface area contributed by atoms with Crippen LogP contribution in [0.25, 0.3) is 87.0 Å². The molecule has 220 valence electrons. The van der Waals surface area contributed by atoms with E-state index in [1.807, 2.05) is 17.4 Å². The molecular formula is C43H27N3S. The van der Waals surface area contributed by atoms with Crippen LogP contribution in [0.15, 0.2) is 164 Å². The van der Waals surface area contributed by atoms with E-state index in [4.69, 9.17) is 4.98 Å². The zero-order chi connectivity index (χ0) is 30.9. The van der Waals surface area contributed by atoms with Crippen molar-refractivity contribution in [2.45, 2.75) is 0 Å². The Hall–Kier alpha value is -5.97. The summed E-state index contributed by atoms with van der Waals surface area (Å²) in [6, 6.07) is 56.7. The third-order valence-electron chi connectivity index (χ3n) is 9.35. The summed E-state index contributed by atoms with van der Waals surface area (Å²) in [5.41, 5.74) is 11.4. The van der Waals surface area contributed by atoms with Crippen molar-refractivity contribution >= 4 is 59.0 Å². The zero-order valence-electron chi connectivity index (χ0n) is 25.3. The SMILES string of the molecule is c1ccc(-c2c(-c3ccc(-c4cccc5sc6cc7c(cc6c45)c4ccccc4n7-c4ccccc4)cc3)nc3ccccn23)cc1. The van der Waals surface area contributed by atoms with Gasteiger partial charge in [-0.2, -0.15) is 0 Å². The van der Waals surface area contributed by atoms with Crippen LogP contribution < -0.4 is 0 Å². The van der Waals surface area contributed by atoms with Crippen LogP contribution in [0.5, 0.6) is 0 Å². The molecule has 0 aliphatic carbocycles. The van der Waals surface area contributed by atoms with E-state index in [1.54, 1.807) is 0 Å². The molecule has 0 atom stereocenters. The lowest BCUT2D eigenvalue weighted by Gasteiger charge is -2.09. The van der Waals surface area contributed by atoms with Gasteiger partial charge in [0.1, 0.15) is 5.65 Å². The van der Waals surface area contributed by atoms with Crippen molar-refractivity contribution < 1.29 is 0 Å². The first kappa shape index (κ1) is 26.3. The van der Waals surface area contributed by atoms with Gasteiger partial charge in [-0.3, -0.25) is 4.40 Å². The second-order valence-electron chi connectivity index (χ2n) is 12.0. The number of pyridine rings is 1. The minimum absolute atomic E-state index is 0.944. The molecule has 0 bridgehead atoms. The number of imidazole rings is 1. The Labute approximate surface area is 275 Å². The molecule has 4 heteroatoms. The highest BCUT2D eigenvalue weighted by molar-refractivity contribution is 7.26. The molecule has 0 aliphatic heterocycles. The molecule has 0 saturated heterocycles. The van der Waals surface area contributed by atoms with Crippen molar-refractivity contribution in [2.24, 2.45) is 0 Å². The van der Waals surface area contributed by atoms with Crippen molar-refractivity contribution in [1.29, 1.82) is 0 Å². The minimum Gasteiger partial charge on any atom is -0.309 e. The monoisotopic (exact) mass is 617 g/mol. The van der Waals surface area contributed by atoms with E-state index in [-0.39, 0.29) is 0 Å². The van der Waals surface area contributed by atoms with Gasteiger partial charge in [0.05, 0.1) is 22.4 Å². The number of hydrogen-bond donors (Lipinski definition) is 0. The highest BCUT2D eigenvalue weighted by atomic mass is 32.1. The lowest BCUT2D eigenvalue weighted by atomic mass is 9.97. The summed E-state index contributed by atoms with van der Waals surface area (Å²) in [6.07, 6.45) is 2.10. The van der Waals surface area contributed by atoms with Gasteiger partial charge >= 0.3 is 0 Å². The fourth-order valence-corrected chi connectivity index (χ4v) is 8.41. The fourth-order valence-electron chi connectivity index (χ4n) is 7.26. The van der Waals surface area contributed by atoms with Crippen molar-refractivity contribution in [3.8, 4) is 39.3 Å². The van der Waals surface area contributed by atoms with Crippen LogP contribution in [0.2, 0.25) is 0 Å². The van der Waals surface area contributed by atoms with Crippen molar-refractivity contribution in [2.75, 3.05) is 0 Å². The predicted molar refractivity (Wildman–Crippen MR) is 199 cm³/mol. The van der Waals surface area contributed by atoms with Gasteiger partial charge in [-0.25, -0.2) is 4.98 Å². The van der Waals surface area contributed by atoms with Gasteiger partial charge in [-0.1, -0.05) is 109 Å². The molecule has 3 nitrogen and oxygen atoms in total. The van der Waals surface area contributed by atoms with Crippen molar-refractivity contribution in [3.05, 3.63) is 164 Å². The number of benzene rings is 6. The maximum absolute atomic E-state index is 5.08. The summed E-state index contributed by atoms with van der Waals surface area (Å²) in [4.78, 5) is 5.08. The standard InChI is InChI=1S/C43H27N3S/c1-3-12-30(13-4-1)43-42(44-40-20-9-10-25-45(40)43)29-23-21-28(22-24-29)32-17-11-19-38-41(32)35-26-34-33-16-7-8-18-36(33)46(31-14-5-2-6-15-31)37(34)27-39(35)47-38/h1-27H. The summed E-state index contributed by atoms with van der Waals surface area (Å²) in [5.74, 6) is 0. The van der Waals surface area contributed by atoms with E-state index in [0.717, 1.165) is 28.2 Å². The average molecular weight is 618 g/mol. The van der Waals surface area contributed by atoms with Crippen LogP contribution in [0.3, 0.4) is 0 Å². The smallest absolute Gasteiger partial charge is 0.137 e. The maximum atomic E-state index is 5.08. The third kappa shape index (κ3) is 4.02. The van der Waals surface area contributed by atoms with E-state index in [2.05, 4.69) is 167 Å². The second kappa shape index (κ2) is 10.3. The molecular weight excluding hydrogens is 591 g/mol. The van der Waals surface area contributed by atoms with E-state index in [0.29, 0.717) is 0 Å². The summed E-state index contributed by atoms with van der Waals surface area (Å²) in [7, 11) is 0. The highest BCUT2D eigenvalue weighted by Crippen LogP contribution is 2.44. The molecule has 0 amide bonds. The molecule has 0 radical (unpaired) electrons. The quantitative estimate of drug-likeness (QED) is 0.193. The average Bonchev–Trinajstić information content (AvgIpc) is 3.81. The number of fused-ring (bicyclic) bond motifs is 7. The molecule has 0 saturated carbocycles. The molecule has 10 rings (SSSR count). The summed E-state index contributed by atoms with van der Waals surface area (Å²) < 4.78 is 7.19. The molecule has 10 aromatic rings. The first-order valence-corrected chi connectivity index (χ1v) is 16.7. The minimum atomic E-state index is 0.944. The number of aromatic nitrogens is 3. The molecule has 0 unspecified atom stereocenters. The van der Waals surface area contributed by atoms with Crippen LogP contribution in [-0.4, -0.2) is 14.0 Å².